The zero-order valence-corrected chi connectivity index (χ0v) is 12.9. The van der Waals surface area contributed by atoms with Gasteiger partial charge in [0.05, 0.1) is 6.33 Å². The van der Waals surface area contributed by atoms with Gasteiger partial charge in [0.15, 0.2) is 24.0 Å². The third kappa shape index (κ3) is 2.28. The van der Waals surface area contributed by atoms with Crippen LogP contribution in [0.2, 0.25) is 0 Å². The zero-order chi connectivity index (χ0) is 15.1. The first-order valence-electron chi connectivity index (χ1n) is 6.11. The third-order valence-corrected chi connectivity index (χ3v) is 3.72. The maximum Gasteiger partial charge on any atom is 0.200 e. The number of nitrogens with two attached hydrogens (primary N) is 1. The minimum atomic E-state index is -0.938. The number of aromatic nitrogens is 4. The van der Waals surface area contributed by atoms with Gasteiger partial charge in [-0.25, -0.2) is 15.0 Å². The van der Waals surface area contributed by atoms with Crippen LogP contribution in [0.1, 0.15) is 6.23 Å². The van der Waals surface area contributed by atoms with E-state index < -0.39 is 24.7 Å². The maximum absolute atomic E-state index is 10.4. The van der Waals surface area contributed by atoms with E-state index in [1.54, 1.807) is 4.57 Å². The molecule has 9 nitrogen and oxygen atoms in total. The van der Waals surface area contributed by atoms with Crippen molar-refractivity contribution in [3.63, 3.8) is 0 Å². The van der Waals surface area contributed by atoms with Crippen molar-refractivity contribution >= 4 is 32.9 Å². The van der Waals surface area contributed by atoms with Crippen LogP contribution in [0.3, 0.4) is 0 Å². The van der Waals surface area contributed by atoms with Crippen molar-refractivity contribution in [2.24, 2.45) is 0 Å². The summed E-state index contributed by atoms with van der Waals surface area (Å²) in [6, 6.07) is 0. The summed E-state index contributed by atoms with van der Waals surface area (Å²) in [5, 5.41) is 10.4. The molecule has 3 rings (SSSR count). The zero-order valence-electron chi connectivity index (χ0n) is 11.3. The van der Waals surface area contributed by atoms with Gasteiger partial charge in [-0.2, -0.15) is 0 Å². The van der Waals surface area contributed by atoms with Crippen molar-refractivity contribution in [2.75, 3.05) is 20.0 Å². The molecule has 1 unspecified atom stereocenters. The molecule has 10 heteroatoms. The van der Waals surface area contributed by atoms with E-state index in [0.717, 1.165) is 0 Å². The SMILES string of the molecule is COC1[C@@H](OC)O[C@@H](n2cnc3c(N)nc(Br)nc32)[C@H]1O. The topological polar surface area (TPSA) is 118 Å². The number of hydrogen-bond donors (Lipinski definition) is 2. The Balaban J connectivity index is 2.05. The first kappa shape index (κ1) is 14.6. The van der Waals surface area contributed by atoms with Crippen molar-refractivity contribution in [2.45, 2.75) is 24.7 Å². The number of hydrogen-bond acceptors (Lipinski definition) is 8. The Morgan fingerprint density at radius 2 is 2.14 bits per heavy atom. The minimum Gasteiger partial charge on any atom is -0.385 e. The molecule has 0 radical (unpaired) electrons. The number of halogens is 1. The van der Waals surface area contributed by atoms with Gasteiger partial charge in [-0.1, -0.05) is 0 Å². The second kappa shape index (κ2) is 5.46. The van der Waals surface area contributed by atoms with Crippen LogP contribution in [0.5, 0.6) is 0 Å². The number of nitrogens with zero attached hydrogens (tertiary/aromatic N) is 4. The van der Waals surface area contributed by atoms with E-state index in [1.807, 2.05) is 0 Å². The lowest BCUT2D eigenvalue weighted by molar-refractivity contribution is -0.165. The largest absolute Gasteiger partial charge is 0.385 e. The number of anilines is 1. The van der Waals surface area contributed by atoms with E-state index in [-0.39, 0.29) is 5.82 Å². The van der Waals surface area contributed by atoms with Crippen LogP contribution in [0.25, 0.3) is 11.2 Å². The van der Waals surface area contributed by atoms with Crippen molar-refractivity contribution in [3.8, 4) is 0 Å². The highest BCUT2D eigenvalue weighted by Crippen LogP contribution is 2.33. The summed E-state index contributed by atoms with van der Waals surface area (Å²) in [4.78, 5) is 12.4. The number of ether oxygens (including phenoxy) is 3. The van der Waals surface area contributed by atoms with Crippen LogP contribution in [0, 0.1) is 0 Å². The highest BCUT2D eigenvalue weighted by Gasteiger charge is 2.46. The van der Waals surface area contributed by atoms with Crippen molar-refractivity contribution in [1.29, 1.82) is 0 Å². The lowest BCUT2D eigenvalue weighted by atomic mass is 10.2. The number of methoxy groups -OCH3 is 2. The molecule has 3 N–H and O–H groups in total. The predicted octanol–water partition coefficient (Wildman–Crippen LogP) is 0.0482. The molecule has 0 spiro atoms. The average Bonchev–Trinajstić information content (AvgIpc) is 2.99. The molecule has 0 aliphatic carbocycles. The van der Waals surface area contributed by atoms with Crippen molar-refractivity contribution in [1.82, 2.24) is 19.5 Å². The van der Waals surface area contributed by atoms with E-state index in [0.29, 0.717) is 15.9 Å². The van der Waals surface area contributed by atoms with Gasteiger partial charge in [-0.05, 0) is 15.9 Å². The van der Waals surface area contributed by atoms with Gasteiger partial charge >= 0.3 is 0 Å². The van der Waals surface area contributed by atoms with E-state index in [4.69, 9.17) is 19.9 Å². The molecule has 1 saturated heterocycles. The van der Waals surface area contributed by atoms with Crippen LogP contribution >= 0.6 is 15.9 Å². The Morgan fingerprint density at radius 1 is 1.38 bits per heavy atom. The molecule has 0 bridgehead atoms. The van der Waals surface area contributed by atoms with Crippen LogP contribution in [0.4, 0.5) is 5.82 Å². The molecule has 3 heterocycles. The first-order valence-corrected chi connectivity index (χ1v) is 6.90. The Hall–Kier alpha value is -1.33. The second-order valence-corrected chi connectivity index (χ2v) is 5.23. The third-order valence-electron chi connectivity index (χ3n) is 3.37. The fourth-order valence-electron chi connectivity index (χ4n) is 2.39. The Kier molecular flexibility index (Phi) is 3.80. The average molecular weight is 360 g/mol. The summed E-state index contributed by atoms with van der Waals surface area (Å²) < 4.78 is 18.0. The number of nitrogen functional groups attached to an aromatic ring is 1. The minimum absolute atomic E-state index is 0.240. The molecule has 1 aliphatic heterocycles. The molecule has 0 aromatic carbocycles. The van der Waals surface area contributed by atoms with Gasteiger partial charge in [0.1, 0.15) is 17.7 Å². The van der Waals surface area contributed by atoms with Gasteiger partial charge in [0.25, 0.3) is 0 Å². The number of aliphatic hydroxyl groups is 1. The van der Waals surface area contributed by atoms with Crippen LogP contribution in [-0.2, 0) is 14.2 Å². The van der Waals surface area contributed by atoms with Gasteiger partial charge in [0.2, 0.25) is 4.73 Å². The van der Waals surface area contributed by atoms with Gasteiger partial charge < -0.3 is 25.1 Å². The molecule has 114 valence electrons. The molecular weight excluding hydrogens is 346 g/mol. The van der Waals surface area contributed by atoms with Crippen LogP contribution in [0.15, 0.2) is 11.1 Å². The van der Waals surface area contributed by atoms with Crippen molar-refractivity contribution < 1.29 is 19.3 Å². The van der Waals surface area contributed by atoms with Crippen LogP contribution in [-0.4, -0.2) is 57.3 Å². The molecule has 1 fully saturated rings. The van der Waals surface area contributed by atoms with E-state index in [9.17, 15) is 5.11 Å². The van der Waals surface area contributed by atoms with Crippen molar-refractivity contribution in [3.05, 3.63) is 11.1 Å². The Morgan fingerprint density at radius 3 is 2.76 bits per heavy atom. The summed E-state index contributed by atoms with van der Waals surface area (Å²) in [6.07, 6.45) is -1.49. The number of fused-ring (bicyclic) bond motifs is 1. The first-order chi connectivity index (χ1) is 10.1. The summed E-state index contributed by atoms with van der Waals surface area (Å²) in [5.74, 6) is 0.240. The normalized spacial score (nSPS) is 29.3. The van der Waals surface area contributed by atoms with Gasteiger partial charge in [-0.15, -0.1) is 0 Å². The molecule has 2 aromatic rings. The number of aliphatic hydroxyl groups excluding tert-OH is 1. The van der Waals surface area contributed by atoms with E-state index >= 15 is 0 Å². The van der Waals surface area contributed by atoms with Gasteiger partial charge in [-0.3, -0.25) is 4.57 Å². The molecule has 21 heavy (non-hydrogen) atoms. The van der Waals surface area contributed by atoms with E-state index in [2.05, 4.69) is 30.9 Å². The smallest absolute Gasteiger partial charge is 0.200 e. The molecular formula is C11H14BrN5O4. The molecule has 0 amide bonds. The quantitative estimate of drug-likeness (QED) is 0.738. The molecule has 2 aromatic heterocycles. The summed E-state index contributed by atoms with van der Waals surface area (Å²) in [7, 11) is 2.96. The fraction of sp³-hybridized carbons (Fsp3) is 0.545. The lowest BCUT2D eigenvalue weighted by Crippen LogP contribution is -2.34. The number of rotatable bonds is 3. The number of imidazole rings is 1. The predicted molar refractivity (Wildman–Crippen MR) is 75.2 cm³/mol. The van der Waals surface area contributed by atoms with Gasteiger partial charge in [0, 0.05) is 14.2 Å². The molecule has 1 aliphatic rings. The summed E-state index contributed by atoms with van der Waals surface area (Å²) >= 11 is 3.18. The Bertz CT molecular complexity index is 665. The van der Waals surface area contributed by atoms with E-state index in [1.165, 1.54) is 20.5 Å². The fourth-order valence-corrected chi connectivity index (χ4v) is 2.74. The summed E-state index contributed by atoms with van der Waals surface area (Å²) in [5.41, 5.74) is 6.68. The standard InChI is InChI=1S/C11H14BrN5O4/c1-19-6-5(18)9(21-10(6)20-2)17-3-14-4-7(13)15-11(12)16-8(4)17/h3,5-6,9-10,18H,1-2H3,(H2,13,15,16)/t5-,6?,9+,10-/m0/s1. The maximum atomic E-state index is 10.4. The Labute approximate surface area is 128 Å². The molecule has 4 atom stereocenters. The van der Waals surface area contributed by atoms with Crippen LogP contribution < -0.4 is 5.73 Å². The highest BCUT2D eigenvalue weighted by molar-refractivity contribution is 9.10. The monoisotopic (exact) mass is 359 g/mol. The lowest BCUT2D eigenvalue weighted by Gasteiger charge is -2.17. The summed E-state index contributed by atoms with van der Waals surface area (Å²) in [6.45, 7) is 0. The molecule has 0 saturated carbocycles. The second-order valence-electron chi connectivity index (χ2n) is 4.52. The highest BCUT2D eigenvalue weighted by atomic mass is 79.9.